The molecule has 1 atom stereocenters. The van der Waals surface area contributed by atoms with Crippen LogP contribution in [0.1, 0.15) is 61.4 Å². The number of esters is 1. The molecule has 0 aromatic heterocycles. The van der Waals surface area contributed by atoms with E-state index in [4.69, 9.17) is 27.9 Å². The van der Waals surface area contributed by atoms with Crippen LogP contribution in [0.15, 0.2) is 18.2 Å². The van der Waals surface area contributed by atoms with Crippen LogP contribution in [0.25, 0.3) is 0 Å². The summed E-state index contributed by atoms with van der Waals surface area (Å²) in [6.07, 6.45) is 6.24. The highest BCUT2D eigenvalue weighted by Gasteiger charge is 2.22. The first-order valence-corrected chi connectivity index (χ1v) is 8.05. The van der Waals surface area contributed by atoms with Crippen LogP contribution >= 0.6 is 23.2 Å². The zero-order valence-electron chi connectivity index (χ0n) is 11.7. The molecule has 1 saturated carbocycles. The summed E-state index contributed by atoms with van der Waals surface area (Å²) in [6, 6.07) is 5.72. The molecular formula is C16H20Cl2O2. The molecule has 1 unspecified atom stereocenters. The second-order valence-corrected chi connectivity index (χ2v) is 6.07. The van der Waals surface area contributed by atoms with Gasteiger partial charge in [-0.2, -0.15) is 0 Å². The Bertz CT molecular complexity index is 468. The third kappa shape index (κ3) is 3.67. The Morgan fingerprint density at radius 3 is 2.65 bits per heavy atom. The molecule has 1 aliphatic rings. The van der Waals surface area contributed by atoms with Crippen molar-refractivity contribution in [2.45, 2.75) is 50.3 Å². The molecule has 1 fully saturated rings. The maximum absolute atomic E-state index is 11.6. The molecule has 0 aliphatic heterocycles. The third-order valence-corrected chi connectivity index (χ3v) is 4.61. The topological polar surface area (TPSA) is 26.3 Å². The predicted octanol–water partition coefficient (Wildman–Crippen LogP) is 5.23. The Morgan fingerprint density at radius 1 is 1.35 bits per heavy atom. The molecule has 0 bridgehead atoms. The van der Waals surface area contributed by atoms with Crippen molar-refractivity contribution in [1.29, 1.82) is 0 Å². The molecule has 1 aromatic rings. The summed E-state index contributed by atoms with van der Waals surface area (Å²) in [5, 5.41) is -0.0720. The van der Waals surface area contributed by atoms with E-state index in [-0.39, 0.29) is 0 Å². The minimum absolute atomic E-state index is 0.329. The number of rotatable bonds is 4. The van der Waals surface area contributed by atoms with Gasteiger partial charge < -0.3 is 4.74 Å². The van der Waals surface area contributed by atoms with Gasteiger partial charge >= 0.3 is 5.97 Å². The molecule has 0 radical (unpaired) electrons. The second-order valence-electron chi connectivity index (χ2n) is 5.23. The smallest absolute Gasteiger partial charge is 0.328 e. The summed E-state index contributed by atoms with van der Waals surface area (Å²) >= 11 is 12.5. The minimum atomic E-state index is -0.784. The largest absolute Gasteiger partial charge is 0.465 e. The number of hydrogen-bond acceptors (Lipinski definition) is 2. The summed E-state index contributed by atoms with van der Waals surface area (Å²) < 4.78 is 4.93. The molecule has 0 saturated heterocycles. The van der Waals surface area contributed by atoms with Crippen molar-refractivity contribution in [1.82, 2.24) is 0 Å². The highest BCUT2D eigenvalue weighted by Crippen LogP contribution is 2.37. The van der Waals surface area contributed by atoms with Gasteiger partial charge in [0.15, 0.2) is 5.38 Å². The molecule has 20 heavy (non-hydrogen) atoms. The van der Waals surface area contributed by atoms with Gasteiger partial charge in [-0.25, -0.2) is 0 Å². The van der Waals surface area contributed by atoms with Crippen molar-refractivity contribution < 1.29 is 9.53 Å². The highest BCUT2D eigenvalue weighted by atomic mass is 35.5. The van der Waals surface area contributed by atoms with E-state index in [0.29, 0.717) is 23.1 Å². The first kappa shape index (κ1) is 15.7. The summed E-state index contributed by atoms with van der Waals surface area (Å²) in [7, 11) is 0. The molecule has 0 amide bonds. The lowest BCUT2D eigenvalue weighted by Gasteiger charge is -2.23. The van der Waals surface area contributed by atoms with Crippen LogP contribution in [0.3, 0.4) is 0 Å². The van der Waals surface area contributed by atoms with Crippen LogP contribution in [-0.2, 0) is 9.53 Å². The van der Waals surface area contributed by atoms with Gasteiger partial charge in [0.2, 0.25) is 0 Å². The molecule has 110 valence electrons. The lowest BCUT2D eigenvalue weighted by Crippen LogP contribution is -2.11. The van der Waals surface area contributed by atoms with Crippen LogP contribution in [0.5, 0.6) is 0 Å². The second kappa shape index (κ2) is 7.33. The van der Waals surface area contributed by atoms with Crippen LogP contribution in [0, 0.1) is 0 Å². The van der Waals surface area contributed by atoms with E-state index in [1.165, 1.54) is 37.7 Å². The molecule has 1 aliphatic carbocycles. The molecule has 1 aromatic carbocycles. The van der Waals surface area contributed by atoms with Crippen molar-refractivity contribution in [3.8, 4) is 0 Å². The van der Waals surface area contributed by atoms with Crippen LogP contribution in [0.2, 0.25) is 5.02 Å². The number of carbonyl (C=O) groups is 1. The number of ether oxygens (including phenoxy) is 1. The van der Waals surface area contributed by atoms with Crippen molar-refractivity contribution in [3.05, 3.63) is 34.3 Å². The molecule has 4 heteroatoms. The maximum atomic E-state index is 11.6. The quantitative estimate of drug-likeness (QED) is 0.561. The van der Waals surface area contributed by atoms with E-state index in [1.807, 2.05) is 12.1 Å². The Labute approximate surface area is 130 Å². The summed E-state index contributed by atoms with van der Waals surface area (Å²) in [5.41, 5.74) is 1.89. The molecule has 0 heterocycles. The Balaban J connectivity index is 2.14. The number of carbonyl (C=O) groups excluding carboxylic acids is 1. The van der Waals surface area contributed by atoms with Gasteiger partial charge in [0.1, 0.15) is 0 Å². The molecular weight excluding hydrogens is 295 g/mol. The number of benzene rings is 1. The van der Waals surface area contributed by atoms with Gasteiger partial charge in [0, 0.05) is 5.02 Å². The highest BCUT2D eigenvalue weighted by molar-refractivity contribution is 6.32. The van der Waals surface area contributed by atoms with Crippen LogP contribution < -0.4 is 0 Å². The average Bonchev–Trinajstić information content (AvgIpc) is 2.47. The van der Waals surface area contributed by atoms with Gasteiger partial charge in [-0.3, -0.25) is 4.79 Å². The fourth-order valence-corrected chi connectivity index (χ4v) is 3.34. The van der Waals surface area contributed by atoms with Crippen LogP contribution in [-0.4, -0.2) is 12.6 Å². The van der Waals surface area contributed by atoms with Gasteiger partial charge in [0.05, 0.1) is 6.61 Å². The number of halogens is 2. The molecule has 0 spiro atoms. The maximum Gasteiger partial charge on any atom is 0.328 e. The fourth-order valence-electron chi connectivity index (χ4n) is 2.80. The van der Waals surface area contributed by atoms with E-state index < -0.39 is 11.3 Å². The lowest BCUT2D eigenvalue weighted by molar-refractivity contribution is -0.142. The number of hydrogen-bond donors (Lipinski definition) is 0. The molecule has 2 nitrogen and oxygen atoms in total. The van der Waals surface area contributed by atoms with Gasteiger partial charge in [0.25, 0.3) is 0 Å². The number of alkyl halides is 1. The van der Waals surface area contributed by atoms with E-state index in [2.05, 4.69) is 0 Å². The first-order valence-electron chi connectivity index (χ1n) is 7.23. The molecule has 2 rings (SSSR count). The average molecular weight is 315 g/mol. The van der Waals surface area contributed by atoms with E-state index in [9.17, 15) is 4.79 Å². The Hall–Kier alpha value is -0.730. The lowest BCUT2D eigenvalue weighted by atomic mass is 9.84. The van der Waals surface area contributed by atoms with Crippen molar-refractivity contribution in [2.75, 3.05) is 6.61 Å². The van der Waals surface area contributed by atoms with Crippen molar-refractivity contribution in [2.24, 2.45) is 0 Å². The normalized spacial score (nSPS) is 17.8. The Kier molecular flexibility index (Phi) is 5.74. The van der Waals surface area contributed by atoms with Gasteiger partial charge in [-0.15, -0.1) is 11.6 Å². The van der Waals surface area contributed by atoms with E-state index >= 15 is 0 Å². The summed E-state index contributed by atoms with van der Waals surface area (Å²) in [6.45, 7) is 2.09. The monoisotopic (exact) mass is 314 g/mol. The zero-order chi connectivity index (χ0) is 14.5. The fraction of sp³-hybridized carbons (Fsp3) is 0.562. The Morgan fingerprint density at radius 2 is 2.05 bits per heavy atom. The summed E-state index contributed by atoms with van der Waals surface area (Å²) in [5.74, 6) is 0.123. The van der Waals surface area contributed by atoms with Gasteiger partial charge in [-0.1, -0.05) is 43.0 Å². The SMILES string of the molecule is CCOC(=O)C(Cl)c1ccc(C2CCCCC2)c(Cl)c1. The first-order chi connectivity index (χ1) is 9.63. The predicted molar refractivity (Wildman–Crippen MR) is 82.5 cm³/mol. The van der Waals surface area contributed by atoms with Crippen molar-refractivity contribution >= 4 is 29.2 Å². The summed E-state index contributed by atoms with van der Waals surface area (Å²) in [4.78, 5) is 11.6. The van der Waals surface area contributed by atoms with E-state index in [0.717, 1.165) is 0 Å². The third-order valence-electron chi connectivity index (χ3n) is 3.86. The van der Waals surface area contributed by atoms with Crippen molar-refractivity contribution in [3.63, 3.8) is 0 Å². The minimum Gasteiger partial charge on any atom is -0.465 e. The zero-order valence-corrected chi connectivity index (χ0v) is 13.2. The standard InChI is InChI=1S/C16H20Cl2O2/c1-2-20-16(19)15(18)12-8-9-13(14(17)10-12)11-6-4-3-5-7-11/h8-11,15H,2-7H2,1H3. The van der Waals surface area contributed by atoms with Crippen LogP contribution in [0.4, 0.5) is 0 Å². The van der Waals surface area contributed by atoms with E-state index in [1.54, 1.807) is 13.0 Å². The van der Waals surface area contributed by atoms with Gasteiger partial charge in [-0.05, 0) is 42.9 Å². The molecule has 0 N–H and O–H groups in total.